The Morgan fingerprint density at radius 3 is 2.67 bits per heavy atom. The van der Waals surface area contributed by atoms with E-state index in [0.717, 1.165) is 39.9 Å². The second-order valence-corrected chi connectivity index (χ2v) is 8.65. The molecule has 0 bridgehead atoms. The van der Waals surface area contributed by atoms with Gasteiger partial charge in [0, 0.05) is 20.8 Å². The van der Waals surface area contributed by atoms with Crippen LogP contribution >= 0.6 is 0 Å². The minimum atomic E-state index is -3.28. The number of sulfonamides is 1. The highest BCUT2D eigenvalue weighted by molar-refractivity contribution is 7.88. The van der Waals surface area contributed by atoms with E-state index in [0.29, 0.717) is 12.5 Å². The molecule has 2 aromatic heterocycles. The van der Waals surface area contributed by atoms with Gasteiger partial charge in [0.1, 0.15) is 11.4 Å². The van der Waals surface area contributed by atoms with Crippen LogP contribution in [0.1, 0.15) is 28.7 Å². The Morgan fingerprint density at radius 1 is 1.26 bits per heavy atom. The molecule has 0 saturated heterocycles. The van der Waals surface area contributed by atoms with Gasteiger partial charge in [-0.2, -0.15) is 0 Å². The molecule has 0 radical (unpaired) electrons. The lowest BCUT2D eigenvalue weighted by Gasteiger charge is -2.12. The van der Waals surface area contributed by atoms with Crippen molar-refractivity contribution in [3.63, 3.8) is 0 Å². The number of rotatable bonds is 8. The minimum Gasteiger partial charge on any atom is -0.492 e. The number of hydrogen-bond acceptors (Lipinski definition) is 4. The van der Waals surface area contributed by atoms with Gasteiger partial charge in [-0.1, -0.05) is 44.5 Å². The summed E-state index contributed by atoms with van der Waals surface area (Å²) in [4.78, 5) is 7.58. The lowest BCUT2D eigenvalue weighted by molar-refractivity contribution is 0.259. The molecule has 6 nitrogen and oxygen atoms in total. The van der Waals surface area contributed by atoms with Gasteiger partial charge in [0.2, 0.25) is 10.0 Å². The first-order valence-electron chi connectivity index (χ1n) is 9.03. The molecule has 0 spiro atoms. The van der Waals surface area contributed by atoms with E-state index in [9.17, 15) is 8.42 Å². The number of aromatic amines is 1. The Kier molecular flexibility index (Phi) is 5.82. The second kappa shape index (κ2) is 8.10. The second-order valence-electron chi connectivity index (χ2n) is 6.72. The fourth-order valence-electron chi connectivity index (χ4n) is 2.80. The number of aromatic nitrogens is 2. The highest BCUT2D eigenvalue weighted by Gasteiger charge is 2.14. The highest BCUT2D eigenvalue weighted by Crippen LogP contribution is 2.34. The average molecular weight is 392 g/mol. The lowest BCUT2D eigenvalue weighted by Crippen LogP contribution is -2.20. The van der Waals surface area contributed by atoms with Crippen LogP contribution in [0.2, 0.25) is 0 Å². The maximum atomic E-state index is 11.7. The Labute approximate surface area is 163 Å². The number of ether oxygens (including phenoxy) is 1. The molecule has 1 atom stereocenters. The summed E-state index contributed by atoms with van der Waals surface area (Å²) in [7, 11) is -1.86. The van der Waals surface area contributed by atoms with E-state index >= 15 is 0 Å². The molecule has 27 heavy (non-hydrogen) atoms. The first-order valence-corrected chi connectivity index (χ1v) is 10.7. The third-order valence-electron chi connectivity index (χ3n) is 4.69. The third-order valence-corrected chi connectivity index (χ3v) is 6.02. The summed E-state index contributed by atoms with van der Waals surface area (Å²) in [6.45, 7) is 4.96. The molecule has 7 heteroatoms. The number of pyridine rings is 1. The van der Waals surface area contributed by atoms with Crippen LogP contribution in [0.25, 0.3) is 22.2 Å². The van der Waals surface area contributed by atoms with Crippen molar-refractivity contribution in [2.24, 2.45) is 5.92 Å². The number of nitrogens with zero attached hydrogens (tertiary/aromatic N) is 1. The maximum Gasteiger partial charge on any atom is 0.215 e. The number of benzene rings is 1. The van der Waals surface area contributed by atoms with Crippen molar-refractivity contribution in [1.82, 2.24) is 14.7 Å². The van der Waals surface area contributed by atoms with Gasteiger partial charge in [-0.3, -0.25) is 0 Å². The molecule has 0 aliphatic carbocycles. The smallest absolute Gasteiger partial charge is 0.215 e. The van der Waals surface area contributed by atoms with E-state index < -0.39 is 10.0 Å². The van der Waals surface area contributed by atoms with Gasteiger partial charge in [0.25, 0.3) is 0 Å². The van der Waals surface area contributed by atoms with Crippen LogP contribution in [0.3, 0.4) is 0 Å². The molecule has 1 aromatic carbocycles. The van der Waals surface area contributed by atoms with Gasteiger partial charge in [-0.25, -0.2) is 18.1 Å². The molecule has 0 saturated carbocycles. The highest BCUT2D eigenvalue weighted by atomic mass is 32.2. The van der Waals surface area contributed by atoms with Crippen LogP contribution in [0, 0.1) is 5.92 Å². The number of fused-ring (bicyclic) bond motifs is 1. The van der Waals surface area contributed by atoms with Gasteiger partial charge in [-0.05, 0) is 30.2 Å². The monoisotopic (exact) mass is 391 g/mol. The average Bonchev–Trinajstić information content (AvgIpc) is 3.11. The van der Waals surface area contributed by atoms with E-state index in [1.54, 1.807) is 6.20 Å². The largest absolute Gasteiger partial charge is 0.492 e. The Morgan fingerprint density at radius 2 is 2.00 bits per heavy atom. The molecule has 0 aliphatic heterocycles. The van der Waals surface area contributed by atoms with Crippen molar-refractivity contribution in [2.75, 3.05) is 13.7 Å². The molecule has 148 valence electrons. The van der Waals surface area contributed by atoms with E-state index in [1.165, 1.54) is 7.05 Å². The SMILES string of the molecule is CCC(C)COc1ccnc2[nH]cc(-c3ccc(CS(=O)(=O)NC)cc3)c12.[HH].[HH]. The predicted octanol–water partition coefficient (Wildman–Crippen LogP) is 4.20. The fourth-order valence-corrected chi connectivity index (χ4v) is 3.57. The third kappa shape index (κ3) is 4.48. The molecule has 3 rings (SSSR count). The summed E-state index contributed by atoms with van der Waals surface area (Å²) in [6.07, 6.45) is 4.71. The van der Waals surface area contributed by atoms with E-state index in [-0.39, 0.29) is 8.61 Å². The summed E-state index contributed by atoms with van der Waals surface area (Å²) in [6, 6.07) is 9.40. The molecular formula is C20H29N3O3S. The summed E-state index contributed by atoms with van der Waals surface area (Å²) in [5.74, 6) is 1.24. The quantitative estimate of drug-likeness (QED) is 0.603. The summed E-state index contributed by atoms with van der Waals surface area (Å²) in [5, 5.41) is 0.941. The standard InChI is InChI=1S/C20H25N3O3S.2H2/c1-4-14(2)12-26-18-9-10-22-20-19(18)17(11-23-20)16-7-5-15(6-8-16)13-27(24,25)21-3;;/h5-11,14,21H,4,12-13H2,1-3H3,(H,22,23);2*1H. The van der Waals surface area contributed by atoms with Crippen LogP contribution in [0.4, 0.5) is 0 Å². The van der Waals surface area contributed by atoms with Gasteiger partial charge < -0.3 is 9.72 Å². The molecule has 0 amide bonds. The summed E-state index contributed by atoms with van der Waals surface area (Å²) in [5.41, 5.74) is 3.47. The van der Waals surface area contributed by atoms with E-state index in [1.807, 2.05) is 36.5 Å². The van der Waals surface area contributed by atoms with Gasteiger partial charge >= 0.3 is 0 Å². The molecule has 1 unspecified atom stereocenters. The topological polar surface area (TPSA) is 84.1 Å². The molecule has 0 fully saturated rings. The van der Waals surface area contributed by atoms with Crippen molar-refractivity contribution in [3.8, 4) is 16.9 Å². The normalized spacial score (nSPS) is 13.0. The first kappa shape index (κ1) is 19.4. The maximum absolute atomic E-state index is 11.7. The summed E-state index contributed by atoms with van der Waals surface area (Å²) < 4.78 is 31.8. The van der Waals surface area contributed by atoms with E-state index in [2.05, 4.69) is 28.5 Å². The fraction of sp³-hybridized carbons (Fsp3) is 0.350. The van der Waals surface area contributed by atoms with Crippen molar-refractivity contribution >= 4 is 21.1 Å². The molecule has 2 heterocycles. The molecule has 2 N–H and O–H groups in total. The van der Waals surface area contributed by atoms with Crippen molar-refractivity contribution < 1.29 is 16.0 Å². The minimum absolute atomic E-state index is 0. The van der Waals surface area contributed by atoms with Gasteiger partial charge in [-0.15, -0.1) is 0 Å². The predicted molar refractivity (Wildman–Crippen MR) is 112 cm³/mol. The van der Waals surface area contributed by atoms with E-state index in [4.69, 9.17) is 4.74 Å². The zero-order valence-electron chi connectivity index (χ0n) is 15.8. The Hall–Kier alpha value is -2.38. The first-order chi connectivity index (χ1) is 12.9. The molecule has 3 aromatic rings. The zero-order valence-corrected chi connectivity index (χ0v) is 16.6. The summed E-state index contributed by atoms with van der Waals surface area (Å²) >= 11 is 0. The molecule has 0 aliphatic rings. The van der Waals surface area contributed by atoms with Crippen LogP contribution < -0.4 is 9.46 Å². The van der Waals surface area contributed by atoms with Crippen LogP contribution in [-0.4, -0.2) is 32.0 Å². The van der Waals surface area contributed by atoms with Crippen LogP contribution in [0.5, 0.6) is 5.75 Å². The van der Waals surface area contributed by atoms with Gasteiger partial charge in [0.15, 0.2) is 0 Å². The Bertz CT molecular complexity index is 1020. The lowest BCUT2D eigenvalue weighted by atomic mass is 10.0. The van der Waals surface area contributed by atoms with Gasteiger partial charge in [0.05, 0.1) is 17.7 Å². The number of H-pyrrole nitrogens is 1. The molecular weight excluding hydrogens is 362 g/mol. The van der Waals surface area contributed by atoms with Crippen molar-refractivity contribution in [3.05, 3.63) is 48.3 Å². The number of nitrogens with one attached hydrogen (secondary N) is 2. The van der Waals surface area contributed by atoms with Crippen molar-refractivity contribution in [2.45, 2.75) is 26.0 Å². The van der Waals surface area contributed by atoms with Crippen LogP contribution in [0.15, 0.2) is 42.7 Å². The van der Waals surface area contributed by atoms with Crippen LogP contribution in [-0.2, 0) is 15.8 Å². The number of hydrogen-bond donors (Lipinski definition) is 2. The van der Waals surface area contributed by atoms with Crippen molar-refractivity contribution in [1.29, 1.82) is 0 Å². The Balaban J connectivity index is 0.00000210. The zero-order chi connectivity index (χ0) is 19.4.